The van der Waals surface area contributed by atoms with Crippen LogP contribution in [0.5, 0.6) is 0 Å². The molecule has 2 aromatic carbocycles. The summed E-state index contributed by atoms with van der Waals surface area (Å²) >= 11 is 1.51. The summed E-state index contributed by atoms with van der Waals surface area (Å²) in [4.78, 5) is 19.3. The first-order valence-corrected chi connectivity index (χ1v) is 9.57. The van der Waals surface area contributed by atoms with E-state index in [1.54, 1.807) is 0 Å². The predicted molar refractivity (Wildman–Crippen MR) is 107 cm³/mol. The second-order valence-corrected chi connectivity index (χ2v) is 7.07. The van der Waals surface area contributed by atoms with E-state index < -0.39 is 0 Å². The Labute approximate surface area is 153 Å². The minimum absolute atomic E-state index is 0.00411. The topological polar surface area (TPSA) is 44.7 Å². The van der Waals surface area contributed by atoms with Crippen molar-refractivity contribution in [3.63, 3.8) is 0 Å². The molecular formula is C20H23N3OS. The van der Waals surface area contributed by atoms with Crippen molar-refractivity contribution in [3.8, 4) is 0 Å². The van der Waals surface area contributed by atoms with Gasteiger partial charge < -0.3 is 10.2 Å². The second-order valence-electron chi connectivity index (χ2n) is 6.13. The van der Waals surface area contributed by atoms with Gasteiger partial charge in [0.25, 0.3) is 0 Å². The highest BCUT2D eigenvalue weighted by molar-refractivity contribution is 8.14. The molecule has 1 saturated heterocycles. The largest absolute Gasteiger partial charge is 0.351 e. The number of nitrogens with zero attached hydrogens (tertiary/aromatic N) is 2. The zero-order valence-electron chi connectivity index (χ0n) is 14.4. The van der Waals surface area contributed by atoms with Crippen molar-refractivity contribution in [2.24, 2.45) is 4.99 Å². The summed E-state index contributed by atoms with van der Waals surface area (Å²) in [5, 5.41) is 3.89. The lowest BCUT2D eigenvalue weighted by Crippen LogP contribution is -2.27. The molecule has 0 bridgehead atoms. The van der Waals surface area contributed by atoms with Gasteiger partial charge in [-0.1, -0.05) is 42.1 Å². The maximum absolute atomic E-state index is 12.3. The Hall–Kier alpha value is -2.27. The third-order valence-corrected chi connectivity index (χ3v) is 5.01. The summed E-state index contributed by atoms with van der Waals surface area (Å²) in [5.41, 5.74) is 2.90. The number of likely N-dealkylation sites (tertiary alicyclic amines) is 1. The Morgan fingerprint density at radius 2 is 1.88 bits per heavy atom. The number of para-hydroxylation sites is 1. The molecule has 4 nitrogen and oxygen atoms in total. The first-order valence-electron chi connectivity index (χ1n) is 8.59. The van der Waals surface area contributed by atoms with E-state index in [0.717, 1.165) is 35.2 Å². The smallest absolute Gasteiger partial charge is 0.234 e. The molecule has 130 valence electrons. The van der Waals surface area contributed by atoms with Gasteiger partial charge >= 0.3 is 0 Å². The standard InChI is InChI=1S/C20H23N3OS/c1-16-8-7-11-18(14-16)21-19(24)15-25-20(23-12-5-6-13-23)22-17-9-3-2-4-10-17/h2-4,7-11,14H,5-6,12-13,15H2,1H3,(H,21,24). The summed E-state index contributed by atoms with van der Waals surface area (Å²) in [5.74, 6) is 0.353. The molecule has 3 rings (SSSR count). The number of amidine groups is 1. The van der Waals surface area contributed by atoms with Gasteiger partial charge in [0.05, 0.1) is 11.4 Å². The number of carbonyl (C=O) groups is 1. The van der Waals surface area contributed by atoms with E-state index >= 15 is 0 Å². The molecule has 0 unspecified atom stereocenters. The molecule has 1 aliphatic rings. The second kappa shape index (κ2) is 8.72. The quantitative estimate of drug-likeness (QED) is 0.652. The van der Waals surface area contributed by atoms with Gasteiger partial charge in [-0.25, -0.2) is 4.99 Å². The number of aliphatic imine (C=N–C) groups is 1. The number of carbonyl (C=O) groups excluding carboxylic acids is 1. The summed E-state index contributed by atoms with van der Waals surface area (Å²) in [6, 6.07) is 17.8. The van der Waals surface area contributed by atoms with E-state index in [2.05, 4.69) is 10.2 Å². The van der Waals surface area contributed by atoms with E-state index in [-0.39, 0.29) is 5.91 Å². The van der Waals surface area contributed by atoms with E-state index in [0.29, 0.717) is 5.75 Å². The average Bonchev–Trinajstić information content (AvgIpc) is 3.14. The highest BCUT2D eigenvalue weighted by Gasteiger charge is 2.18. The zero-order valence-corrected chi connectivity index (χ0v) is 15.3. The molecular weight excluding hydrogens is 330 g/mol. The molecule has 0 saturated carbocycles. The summed E-state index contributed by atoms with van der Waals surface area (Å²) in [6.07, 6.45) is 2.37. The van der Waals surface area contributed by atoms with Crippen LogP contribution >= 0.6 is 11.8 Å². The van der Waals surface area contributed by atoms with Gasteiger partial charge in [-0.2, -0.15) is 0 Å². The van der Waals surface area contributed by atoms with Crippen LogP contribution in [-0.2, 0) is 4.79 Å². The number of amides is 1. The van der Waals surface area contributed by atoms with Crippen molar-refractivity contribution < 1.29 is 4.79 Å². The molecule has 0 spiro atoms. The van der Waals surface area contributed by atoms with Crippen LogP contribution in [0.3, 0.4) is 0 Å². The van der Waals surface area contributed by atoms with Crippen LogP contribution in [-0.4, -0.2) is 34.8 Å². The number of hydrogen-bond acceptors (Lipinski definition) is 3. The van der Waals surface area contributed by atoms with E-state index in [4.69, 9.17) is 4.99 Å². The lowest BCUT2D eigenvalue weighted by atomic mass is 10.2. The van der Waals surface area contributed by atoms with Crippen LogP contribution in [0.4, 0.5) is 11.4 Å². The van der Waals surface area contributed by atoms with Crippen LogP contribution in [0, 0.1) is 6.92 Å². The summed E-state index contributed by atoms with van der Waals surface area (Å²) in [7, 11) is 0. The number of aryl methyl sites for hydroxylation is 1. The van der Waals surface area contributed by atoms with Gasteiger partial charge in [-0.15, -0.1) is 0 Å². The summed E-state index contributed by atoms with van der Waals surface area (Å²) in [6.45, 7) is 4.04. The minimum atomic E-state index is -0.00411. The molecule has 1 amide bonds. The summed E-state index contributed by atoms with van der Waals surface area (Å²) < 4.78 is 0. The molecule has 1 N–H and O–H groups in total. The SMILES string of the molecule is Cc1cccc(NC(=O)CSC(=Nc2ccccc2)N2CCCC2)c1. The number of rotatable bonds is 4. The molecule has 0 aliphatic carbocycles. The van der Waals surface area contributed by atoms with Crippen LogP contribution in [0.25, 0.3) is 0 Å². The lowest BCUT2D eigenvalue weighted by molar-refractivity contribution is -0.113. The Kier molecular flexibility index (Phi) is 6.12. The lowest BCUT2D eigenvalue weighted by Gasteiger charge is -2.19. The fraction of sp³-hybridized carbons (Fsp3) is 0.300. The van der Waals surface area contributed by atoms with Crippen molar-refractivity contribution in [1.82, 2.24) is 4.90 Å². The van der Waals surface area contributed by atoms with Gasteiger partial charge in [0.1, 0.15) is 0 Å². The first kappa shape index (κ1) is 17.5. The Bertz CT molecular complexity index is 740. The average molecular weight is 353 g/mol. The number of nitrogens with one attached hydrogen (secondary N) is 1. The molecule has 1 aliphatic heterocycles. The number of benzene rings is 2. The molecule has 0 radical (unpaired) electrons. The Morgan fingerprint density at radius 3 is 2.60 bits per heavy atom. The van der Waals surface area contributed by atoms with E-state index in [9.17, 15) is 4.79 Å². The monoisotopic (exact) mass is 353 g/mol. The van der Waals surface area contributed by atoms with Gasteiger partial charge in [-0.05, 0) is 49.6 Å². The molecule has 0 atom stereocenters. The first-order chi connectivity index (χ1) is 12.2. The van der Waals surface area contributed by atoms with Crippen LogP contribution in [0.1, 0.15) is 18.4 Å². The van der Waals surface area contributed by atoms with Crippen LogP contribution in [0.15, 0.2) is 59.6 Å². The van der Waals surface area contributed by atoms with Crippen molar-refractivity contribution >= 4 is 34.2 Å². The number of hydrogen-bond donors (Lipinski definition) is 1. The highest BCUT2D eigenvalue weighted by atomic mass is 32.2. The van der Waals surface area contributed by atoms with Gasteiger partial charge in [-0.3, -0.25) is 4.79 Å². The third-order valence-electron chi connectivity index (χ3n) is 3.99. The van der Waals surface area contributed by atoms with Crippen LogP contribution < -0.4 is 5.32 Å². The van der Waals surface area contributed by atoms with Crippen molar-refractivity contribution in [1.29, 1.82) is 0 Å². The molecule has 5 heteroatoms. The fourth-order valence-corrected chi connectivity index (χ4v) is 3.63. The van der Waals surface area contributed by atoms with Crippen molar-refractivity contribution in [2.45, 2.75) is 19.8 Å². The Balaban J connectivity index is 1.64. The fourth-order valence-electron chi connectivity index (χ4n) is 2.77. The molecule has 1 heterocycles. The molecule has 0 aromatic heterocycles. The maximum atomic E-state index is 12.3. The molecule has 2 aromatic rings. The van der Waals surface area contributed by atoms with Crippen LogP contribution in [0.2, 0.25) is 0 Å². The van der Waals surface area contributed by atoms with Gasteiger partial charge in [0.15, 0.2) is 5.17 Å². The molecule has 25 heavy (non-hydrogen) atoms. The highest BCUT2D eigenvalue weighted by Crippen LogP contribution is 2.21. The van der Waals surface area contributed by atoms with Crippen molar-refractivity contribution in [3.05, 3.63) is 60.2 Å². The van der Waals surface area contributed by atoms with Gasteiger partial charge in [0.2, 0.25) is 5.91 Å². The predicted octanol–water partition coefficient (Wildman–Crippen LogP) is 4.45. The van der Waals surface area contributed by atoms with Crippen molar-refractivity contribution in [2.75, 3.05) is 24.2 Å². The number of anilines is 1. The maximum Gasteiger partial charge on any atom is 0.234 e. The molecule has 1 fully saturated rings. The third kappa shape index (κ3) is 5.36. The van der Waals surface area contributed by atoms with E-state index in [1.165, 1.54) is 24.6 Å². The zero-order chi connectivity index (χ0) is 17.5. The normalized spacial score (nSPS) is 14.6. The van der Waals surface area contributed by atoms with E-state index in [1.807, 2.05) is 61.5 Å². The minimum Gasteiger partial charge on any atom is -0.351 e. The Morgan fingerprint density at radius 1 is 1.12 bits per heavy atom. The van der Waals surface area contributed by atoms with Gasteiger partial charge in [0, 0.05) is 18.8 Å². The number of thioether (sulfide) groups is 1.